The third kappa shape index (κ3) is 7.36. The van der Waals surface area contributed by atoms with Crippen LogP contribution < -0.4 is 14.8 Å². The first-order chi connectivity index (χ1) is 16.2. The number of amides is 2. The Kier molecular flexibility index (Phi) is 10.2. The molecule has 188 valence electrons. The van der Waals surface area contributed by atoms with Crippen molar-refractivity contribution in [2.45, 2.75) is 39.7 Å². The zero-order valence-electron chi connectivity index (χ0n) is 20.4. The molecule has 1 unspecified atom stereocenters. The number of ether oxygens (including phenoxy) is 4. The van der Waals surface area contributed by atoms with E-state index in [4.69, 9.17) is 18.9 Å². The molecule has 10 heteroatoms. The molecule has 2 rings (SSSR count). The Morgan fingerprint density at radius 1 is 1.00 bits per heavy atom. The minimum atomic E-state index is -0.952. The number of hydrogen-bond donors (Lipinski definition) is 1. The highest BCUT2D eigenvalue weighted by molar-refractivity contribution is 5.97. The van der Waals surface area contributed by atoms with Crippen LogP contribution in [0.3, 0.4) is 0 Å². The quantitative estimate of drug-likeness (QED) is 0.506. The van der Waals surface area contributed by atoms with Crippen LogP contribution in [0.1, 0.15) is 44.0 Å². The van der Waals surface area contributed by atoms with Crippen molar-refractivity contribution in [1.29, 1.82) is 0 Å². The molecule has 1 aliphatic rings. The average Bonchev–Trinajstić information content (AvgIpc) is 2.84. The summed E-state index contributed by atoms with van der Waals surface area (Å²) in [5.74, 6) is -1.42. The monoisotopic (exact) mass is 478 g/mol. The third-order valence-electron chi connectivity index (χ3n) is 5.63. The van der Waals surface area contributed by atoms with Crippen LogP contribution in [0, 0.1) is 11.8 Å². The second-order valence-electron chi connectivity index (χ2n) is 8.31. The van der Waals surface area contributed by atoms with Gasteiger partial charge in [-0.1, -0.05) is 13.8 Å². The topological polar surface area (TPSA) is 120 Å². The summed E-state index contributed by atoms with van der Waals surface area (Å²) in [6.45, 7) is 5.96. The second-order valence-corrected chi connectivity index (χ2v) is 8.31. The lowest BCUT2D eigenvalue weighted by Crippen LogP contribution is -2.47. The lowest BCUT2D eigenvalue weighted by molar-refractivity contribution is -0.156. The first kappa shape index (κ1) is 26.9. The van der Waals surface area contributed by atoms with E-state index in [1.54, 1.807) is 31.7 Å². The first-order valence-corrected chi connectivity index (χ1v) is 11.3. The first-order valence-electron chi connectivity index (χ1n) is 11.3. The van der Waals surface area contributed by atoms with Gasteiger partial charge in [0, 0.05) is 24.7 Å². The molecule has 1 aromatic carbocycles. The Labute approximate surface area is 199 Å². The Hall–Kier alpha value is -3.30. The summed E-state index contributed by atoms with van der Waals surface area (Å²) < 4.78 is 20.6. The fraction of sp³-hybridized carbons (Fsp3) is 0.583. The van der Waals surface area contributed by atoms with Crippen molar-refractivity contribution in [3.8, 4) is 11.5 Å². The number of nitrogens with one attached hydrogen (secondary N) is 1. The molecule has 0 saturated carbocycles. The molecule has 1 atom stereocenters. The van der Waals surface area contributed by atoms with Crippen LogP contribution in [-0.2, 0) is 23.9 Å². The number of likely N-dealkylation sites (tertiary alicyclic amines) is 1. The van der Waals surface area contributed by atoms with E-state index in [1.165, 1.54) is 26.4 Å². The number of carbonyl (C=O) groups is 4. The molecule has 1 saturated heterocycles. The van der Waals surface area contributed by atoms with Crippen LogP contribution >= 0.6 is 0 Å². The zero-order valence-corrected chi connectivity index (χ0v) is 20.4. The van der Waals surface area contributed by atoms with E-state index < -0.39 is 24.5 Å². The number of hydrogen-bond acceptors (Lipinski definition) is 8. The number of rotatable bonds is 10. The van der Waals surface area contributed by atoms with Crippen molar-refractivity contribution in [2.24, 2.45) is 11.8 Å². The van der Waals surface area contributed by atoms with E-state index >= 15 is 0 Å². The number of piperidine rings is 1. The molecule has 2 amide bonds. The van der Waals surface area contributed by atoms with E-state index in [2.05, 4.69) is 5.32 Å². The predicted octanol–water partition coefficient (Wildman–Crippen LogP) is 1.80. The van der Waals surface area contributed by atoms with Gasteiger partial charge in [0.1, 0.15) is 17.5 Å². The van der Waals surface area contributed by atoms with Crippen molar-refractivity contribution in [1.82, 2.24) is 10.2 Å². The highest BCUT2D eigenvalue weighted by Gasteiger charge is 2.30. The van der Waals surface area contributed by atoms with Crippen LogP contribution in [-0.4, -0.2) is 75.2 Å². The Balaban J connectivity index is 1.92. The highest BCUT2D eigenvalue weighted by atomic mass is 16.5. The molecule has 0 bridgehead atoms. The Morgan fingerprint density at radius 3 is 2.09 bits per heavy atom. The maximum atomic E-state index is 12.8. The van der Waals surface area contributed by atoms with Crippen LogP contribution in [0.25, 0.3) is 0 Å². The van der Waals surface area contributed by atoms with Gasteiger partial charge in [-0.3, -0.25) is 14.4 Å². The van der Waals surface area contributed by atoms with E-state index in [1.807, 2.05) is 0 Å². The van der Waals surface area contributed by atoms with Gasteiger partial charge in [0.15, 0.2) is 6.61 Å². The predicted molar refractivity (Wildman–Crippen MR) is 123 cm³/mol. The Morgan fingerprint density at radius 2 is 1.59 bits per heavy atom. The van der Waals surface area contributed by atoms with Gasteiger partial charge in [-0.15, -0.1) is 0 Å². The van der Waals surface area contributed by atoms with E-state index in [0.29, 0.717) is 44.0 Å². The smallest absolute Gasteiger partial charge is 0.329 e. The van der Waals surface area contributed by atoms with E-state index in [9.17, 15) is 19.2 Å². The molecule has 10 nitrogen and oxygen atoms in total. The maximum Gasteiger partial charge on any atom is 0.329 e. The molecule has 1 fully saturated rings. The SMILES string of the molecule is CCOC(=O)C1CCN(C(=O)COC(=O)C(NC(=O)c2cc(OC)cc(OC)c2)C(C)C)CC1. The van der Waals surface area contributed by atoms with Crippen molar-refractivity contribution in [2.75, 3.05) is 40.5 Å². The zero-order chi connectivity index (χ0) is 25.3. The number of benzene rings is 1. The normalized spacial score (nSPS) is 14.8. The molecular formula is C24H34N2O8. The minimum Gasteiger partial charge on any atom is -0.497 e. The fourth-order valence-corrected chi connectivity index (χ4v) is 3.60. The van der Waals surface area contributed by atoms with Crippen molar-refractivity contribution in [3.05, 3.63) is 23.8 Å². The highest BCUT2D eigenvalue weighted by Crippen LogP contribution is 2.23. The number of esters is 2. The average molecular weight is 479 g/mol. The van der Waals surface area contributed by atoms with Gasteiger partial charge in [0.25, 0.3) is 11.8 Å². The molecule has 0 spiro atoms. The number of carbonyl (C=O) groups excluding carboxylic acids is 4. The van der Waals surface area contributed by atoms with Crippen LogP contribution in [0.15, 0.2) is 18.2 Å². The fourth-order valence-electron chi connectivity index (χ4n) is 3.60. The van der Waals surface area contributed by atoms with Gasteiger partial charge in [-0.05, 0) is 37.8 Å². The van der Waals surface area contributed by atoms with Gasteiger partial charge in [-0.2, -0.15) is 0 Å². The maximum absolute atomic E-state index is 12.8. The van der Waals surface area contributed by atoms with Gasteiger partial charge >= 0.3 is 11.9 Å². The molecule has 34 heavy (non-hydrogen) atoms. The summed E-state index contributed by atoms with van der Waals surface area (Å²) in [5, 5.41) is 2.67. The summed E-state index contributed by atoms with van der Waals surface area (Å²) in [4.78, 5) is 51.4. The van der Waals surface area contributed by atoms with Gasteiger partial charge < -0.3 is 29.2 Å². The van der Waals surface area contributed by atoms with Crippen molar-refractivity contribution in [3.63, 3.8) is 0 Å². The van der Waals surface area contributed by atoms with Crippen LogP contribution in [0.2, 0.25) is 0 Å². The van der Waals surface area contributed by atoms with Gasteiger partial charge in [0.05, 0.1) is 26.7 Å². The number of nitrogens with zero attached hydrogens (tertiary/aromatic N) is 1. The molecule has 0 aliphatic carbocycles. The summed E-state index contributed by atoms with van der Waals surface area (Å²) in [5.41, 5.74) is 0.259. The number of methoxy groups -OCH3 is 2. The molecule has 1 aromatic rings. The molecule has 1 heterocycles. The van der Waals surface area contributed by atoms with E-state index in [0.717, 1.165) is 0 Å². The Bertz CT molecular complexity index is 855. The molecule has 0 aromatic heterocycles. The summed E-state index contributed by atoms with van der Waals surface area (Å²) in [6.07, 6.45) is 1.01. The standard InChI is InChI=1S/C24H34N2O8/c1-6-33-23(29)16-7-9-26(10-8-16)20(27)14-34-24(30)21(15(2)3)25-22(28)17-11-18(31-4)13-19(12-17)32-5/h11-13,15-16,21H,6-10,14H2,1-5H3,(H,25,28). The lowest BCUT2D eigenvalue weighted by Gasteiger charge is -2.31. The molecule has 0 radical (unpaired) electrons. The van der Waals surface area contributed by atoms with Gasteiger partial charge in [0.2, 0.25) is 0 Å². The largest absolute Gasteiger partial charge is 0.497 e. The van der Waals surface area contributed by atoms with E-state index in [-0.39, 0.29) is 29.3 Å². The van der Waals surface area contributed by atoms with Crippen LogP contribution in [0.5, 0.6) is 11.5 Å². The van der Waals surface area contributed by atoms with Crippen molar-refractivity contribution < 1.29 is 38.1 Å². The second kappa shape index (κ2) is 12.8. The summed E-state index contributed by atoms with van der Waals surface area (Å²) in [7, 11) is 2.95. The lowest BCUT2D eigenvalue weighted by atomic mass is 9.97. The molecule has 1 aliphatic heterocycles. The minimum absolute atomic E-state index is 0.220. The summed E-state index contributed by atoms with van der Waals surface area (Å²) >= 11 is 0. The van der Waals surface area contributed by atoms with Gasteiger partial charge in [-0.25, -0.2) is 4.79 Å². The third-order valence-corrected chi connectivity index (χ3v) is 5.63. The molecular weight excluding hydrogens is 444 g/mol. The van der Waals surface area contributed by atoms with Crippen molar-refractivity contribution >= 4 is 23.8 Å². The molecule has 1 N–H and O–H groups in total. The summed E-state index contributed by atoms with van der Waals surface area (Å²) in [6, 6.07) is 3.74. The van der Waals surface area contributed by atoms with Crippen LogP contribution in [0.4, 0.5) is 0 Å².